The molecule has 0 radical (unpaired) electrons. The normalized spacial score (nSPS) is 19.1. The summed E-state index contributed by atoms with van der Waals surface area (Å²) >= 11 is 0. The molecule has 1 rings (SSSR count). The van der Waals surface area contributed by atoms with Crippen LogP contribution in [0.5, 0.6) is 0 Å². The molecule has 0 aliphatic carbocycles. The van der Waals surface area contributed by atoms with E-state index in [0.717, 1.165) is 39.3 Å². The van der Waals surface area contributed by atoms with Gasteiger partial charge in [0.2, 0.25) is 5.91 Å². The molecule has 0 aromatic heterocycles. The fourth-order valence-electron chi connectivity index (χ4n) is 2.06. The number of nitrogens with one attached hydrogen (secondary N) is 1. The minimum Gasteiger partial charge on any atom is -0.409 e. The Labute approximate surface area is 113 Å². The molecule has 1 fully saturated rings. The van der Waals surface area contributed by atoms with Gasteiger partial charge in [0, 0.05) is 26.2 Å². The molecule has 0 bridgehead atoms. The molecule has 1 unspecified atom stereocenters. The van der Waals surface area contributed by atoms with Crippen LogP contribution in [0, 0.1) is 5.92 Å². The number of oxime groups is 1. The highest BCUT2D eigenvalue weighted by Gasteiger charge is 2.22. The van der Waals surface area contributed by atoms with E-state index in [0.29, 0.717) is 13.0 Å². The van der Waals surface area contributed by atoms with Gasteiger partial charge in [0.25, 0.3) is 0 Å². The zero-order chi connectivity index (χ0) is 14.1. The van der Waals surface area contributed by atoms with E-state index in [-0.39, 0.29) is 11.7 Å². The Morgan fingerprint density at radius 3 is 2.79 bits per heavy atom. The maximum atomic E-state index is 11.9. The summed E-state index contributed by atoms with van der Waals surface area (Å²) in [4.78, 5) is 14.2. The molecule has 7 nitrogen and oxygen atoms in total. The summed E-state index contributed by atoms with van der Waals surface area (Å²) in [5.74, 6) is -0.740. The minimum atomic E-state index is -0.542. The number of hydrogen-bond donors (Lipinski definition) is 3. The maximum absolute atomic E-state index is 11.9. The van der Waals surface area contributed by atoms with Crippen molar-refractivity contribution in [1.82, 2.24) is 10.2 Å². The van der Waals surface area contributed by atoms with Crippen molar-refractivity contribution in [2.45, 2.75) is 19.8 Å². The van der Waals surface area contributed by atoms with Gasteiger partial charge < -0.3 is 21.0 Å². The standard InChI is InChI=1S/C12H24N4O3/c1-2-3-10(11(13)15-18)12(17)14-4-5-16-6-8-19-9-7-16/h10,18H,2-9H2,1H3,(H2,13,15)(H,14,17). The first kappa shape index (κ1) is 15.7. The molecule has 1 atom stereocenters. The molecule has 1 aliphatic heterocycles. The van der Waals surface area contributed by atoms with Gasteiger partial charge in [-0.25, -0.2) is 0 Å². The predicted molar refractivity (Wildman–Crippen MR) is 72.1 cm³/mol. The summed E-state index contributed by atoms with van der Waals surface area (Å²) in [5, 5.41) is 14.4. The van der Waals surface area contributed by atoms with Crippen molar-refractivity contribution >= 4 is 11.7 Å². The van der Waals surface area contributed by atoms with Crippen LogP contribution in [0.4, 0.5) is 0 Å². The number of amides is 1. The molecule has 0 saturated carbocycles. The Bertz CT molecular complexity index is 303. The highest BCUT2D eigenvalue weighted by atomic mass is 16.5. The largest absolute Gasteiger partial charge is 0.409 e. The molecule has 4 N–H and O–H groups in total. The van der Waals surface area contributed by atoms with Gasteiger partial charge in [0.15, 0.2) is 5.84 Å². The Morgan fingerprint density at radius 2 is 2.21 bits per heavy atom. The lowest BCUT2D eigenvalue weighted by atomic mass is 10.0. The third kappa shape index (κ3) is 5.44. The van der Waals surface area contributed by atoms with Crippen LogP contribution < -0.4 is 11.1 Å². The fourth-order valence-corrected chi connectivity index (χ4v) is 2.06. The van der Waals surface area contributed by atoms with Crippen LogP contribution in [0.2, 0.25) is 0 Å². The highest BCUT2D eigenvalue weighted by Crippen LogP contribution is 2.06. The van der Waals surface area contributed by atoms with E-state index in [1.54, 1.807) is 0 Å². The van der Waals surface area contributed by atoms with Gasteiger partial charge in [-0.05, 0) is 6.42 Å². The van der Waals surface area contributed by atoms with Crippen LogP contribution in [0.15, 0.2) is 5.16 Å². The van der Waals surface area contributed by atoms with Crippen LogP contribution in [-0.2, 0) is 9.53 Å². The average molecular weight is 272 g/mol. The first-order valence-corrected chi connectivity index (χ1v) is 6.74. The zero-order valence-corrected chi connectivity index (χ0v) is 11.5. The summed E-state index contributed by atoms with van der Waals surface area (Å²) in [6, 6.07) is 0. The van der Waals surface area contributed by atoms with E-state index >= 15 is 0 Å². The van der Waals surface area contributed by atoms with E-state index in [4.69, 9.17) is 15.7 Å². The number of nitrogens with two attached hydrogens (primary N) is 1. The summed E-state index contributed by atoms with van der Waals surface area (Å²) < 4.78 is 5.25. The molecule has 0 aromatic carbocycles. The lowest BCUT2D eigenvalue weighted by Crippen LogP contribution is -2.44. The number of morpholine rings is 1. The Morgan fingerprint density at radius 1 is 1.53 bits per heavy atom. The van der Waals surface area contributed by atoms with E-state index in [1.165, 1.54) is 0 Å². The molecule has 1 aliphatic rings. The summed E-state index contributed by atoms with van der Waals surface area (Å²) in [5.41, 5.74) is 5.53. The number of hydrogen-bond acceptors (Lipinski definition) is 5. The Kier molecular flexibility index (Phi) is 7.20. The smallest absolute Gasteiger partial charge is 0.230 e. The predicted octanol–water partition coefficient (Wildman–Crippen LogP) is -0.402. The van der Waals surface area contributed by atoms with Crippen molar-refractivity contribution in [3.8, 4) is 0 Å². The highest BCUT2D eigenvalue weighted by molar-refractivity contribution is 6.02. The maximum Gasteiger partial charge on any atom is 0.230 e. The number of ether oxygens (including phenoxy) is 1. The number of nitrogens with zero attached hydrogens (tertiary/aromatic N) is 2. The molecule has 1 saturated heterocycles. The van der Waals surface area contributed by atoms with Gasteiger partial charge in [-0.2, -0.15) is 0 Å². The van der Waals surface area contributed by atoms with Crippen LogP contribution >= 0.6 is 0 Å². The van der Waals surface area contributed by atoms with Crippen molar-refractivity contribution in [2.24, 2.45) is 16.8 Å². The molecule has 19 heavy (non-hydrogen) atoms. The molecule has 1 amide bonds. The quantitative estimate of drug-likeness (QED) is 0.253. The van der Waals surface area contributed by atoms with Crippen LogP contribution in [0.25, 0.3) is 0 Å². The molecular formula is C12H24N4O3. The van der Waals surface area contributed by atoms with Gasteiger partial charge in [-0.3, -0.25) is 9.69 Å². The third-order valence-corrected chi connectivity index (χ3v) is 3.20. The minimum absolute atomic E-state index is 0.0225. The van der Waals surface area contributed by atoms with Crippen LogP contribution in [0.1, 0.15) is 19.8 Å². The van der Waals surface area contributed by atoms with Crippen molar-refractivity contribution in [3.05, 3.63) is 0 Å². The van der Waals surface area contributed by atoms with E-state index < -0.39 is 5.92 Å². The van der Waals surface area contributed by atoms with E-state index in [1.807, 2.05) is 6.92 Å². The van der Waals surface area contributed by atoms with Gasteiger partial charge >= 0.3 is 0 Å². The van der Waals surface area contributed by atoms with Crippen molar-refractivity contribution in [3.63, 3.8) is 0 Å². The summed E-state index contributed by atoms with van der Waals surface area (Å²) in [6.07, 6.45) is 1.39. The Balaban J connectivity index is 2.31. The second-order valence-corrected chi connectivity index (χ2v) is 4.61. The van der Waals surface area contributed by atoms with Crippen molar-refractivity contribution in [2.75, 3.05) is 39.4 Å². The molecular weight excluding hydrogens is 248 g/mol. The van der Waals surface area contributed by atoms with Gasteiger partial charge in [0.05, 0.1) is 19.1 Å². The molecule has 1 heterocycles. The van der Waals surface area contributed by atoms with Crippen molar-refractivity contribution in [1.29, 1.82) is 0 Å². The fraction of sp³-hybridized carbons (Fsp3) is 0.833. The van der Waals surface area contributed by atoms with E-state index in [2.05, 4.69) is 15.4 Å². The monoisotopic (exact) mass is 272 g/mol. The van der Waals surface area contributed by atoms with Crippen LogP contribution in [-0.4, -0.2) is 61.2 Å². The topological polar surface area (TPSA) is 100 Å². The summed E-state index contributed by atoms with van der Waals surface area (Å²) in [6.45, 7) is 6.61. The second-order valence-electron chi connectivity index (χ2n) is 4.61. The first-order valence-electron chi connectivity index (χ1n) is 6.74. The van der Waals surface area contributed by atoms with Crippen molar-refractivity contribution < 1.29 is 14.7 Å². The van der Waals surface area contributed by atoms with Crippen LogP contribution in [0.3, 0.4) is 0 Å². The average Bonchev–Trinajstić information content (AvgIpc) is 2.45. The third-order valence-electron chi connectivity index (χ3n) is 3.20. The Hall–Kier alpha value is -1.34. The van der Waals surface area contributed by atoms with Gasteiger partial charge in [-0.15, -0.1) is 0 Å². The first-order chi connectivity index (χ1) is 9.19. The SMILES string of the molecule is CCCC(C(=O)NCCN1CCOCC1)C(N)=NO. The van der Waals surface area contributed by atoms with Gasteiger partial charge in [-0.1, -0.05) is 18.5 Å². The second kappa shape index (κ2) is 8.71. The number of carbonyl (C=O) groups is 1. The lowest BCUT2D eigenvalue weighted by Gasteiger charge is -2.26. The number of rotatable bonds is 7. The lowest BCUT2D eigenvalue weighted by molar-refractivity contribution is -0.123. The number of amidine groups is 1. The molecule has 7 heteroatoms. The zero-order valence-electron chi connectivity index (χ0n) is 11.5. The molecule has 110 valence electrons. The molecule has 0 aromatic rings. The van der Waals surface area contributed by atoms with E-state index in [9.17, 15) is 4.79 Å². The number of carbonyl (C=O) groups excluding carboxylic acids is 1. The molecule has 0 spiro atoms. The summed E-state index contributed by atoms with van der Waals surface area (Å²) in [7, 11) is 0. The van der Waals surface area contributed by atoms with Gasteiger partial charge in [0.1, 0.15) is 0 Å².